The highest BCUT2D eigenvalue weighted by Gasteiger charge is 2.30. The number of halogens is 3. The van der Waals surface area contributed by atoms with E-state index < -0.39 is 11.7 Å². The number of hydrogen-bond acceptors (Lipinski definition) is 2. The second-order valence-electron chi connectivity index (χ2n) is 5.19. The van der Waals surface area contributed by atoms with Crippen LogP contribution in [0.5, 0.6) is 0 Å². The van der Waals surface area contributed by atoms with Crippen molar-refractivity contribution in [2.45, 2.75) is 38.5 Å². The standard InChI is InChI=1S/C16H18F3NS/c1-11(10-15-4-3-9-21-15)20-12(2)13-5-7-14(8-6-13)16(17,18)19/h3-9,11-12,20H,10H2,1-2H3. The molecule has 1 heterocycles. The summed E-state index contributed by atoms with van der Waals surface area (Å²) in [5, 5.41) is 5.46. The molecular weight excluding hydrogens is 295 g/mol. The second-order valence-corrected chi connectivity index (χ2v) is 6.22. The van der Waals surface area contributed by atoms with E-state index >= 15 is 0 Å². The minimum atomic E-state index is -4.28. The molecule has 2 atom stereocenters. The van der Waals surface area contributed by atoms with Crippen LogP contribution in [0.3, 0.4) is 0 Å². The molecule has 2 unspecified atom stereocenters. The molecule has 5 heteroatoms. The highest BCUT2D eigenvalue weighted by molar-refractivity contribution is 7.09. The molecule has 0 fully saturated rings. The van der Waals surface area contributed by atoms with Crippen LogP contribution in [0.15, 0.2) is 41.8 Å². The topological polar surface area (TPSA) is 12.0 Å². The normalized spacial score (nSPS) is 14.9. The quantitative estimate of drug-likeness (QED) is 0.814. The molecule has 1 nitrogen and oxygen atoms in total. The third-order valence-corrected chi connectivity index (χ3v) is 4.26. The number of thiophene rings is 1. The Balaban J connectivity index is 1.95. The first-order valence-electron chi connectivity index (χ1n) is 6.82. The Morgan fingerprint density at radius 1 is 1.10 bits per heavy atom. The predicted octanol–water partition coefficient (Wildman–Crippen LogP) is 5.05. The van der Waals surface area contributed by atoms with Crippen molar-refractivity contribution < 1.29 is 13.2 Å². The molecule has 0 aliphatic heterocycles. The zero-order chi connectivity index (χ0) is 15.5. The Labute approximate surface area is 126 Å². The minimum absolute atomic E-state index is 0.0160. The maximum Gasteiger partial charge on any atom is 0.416 e. The molecule has 21 heavy (non-hydrogen) atoms. The van der Waals surface area contributed by atoms with Gasteiger partial charge >= 0.3 is 6.18 Å². The molecule has 2 rings (SSSR count). The molecule has 1 aromatic carbocycles. The predicted molar refractivity (Wildman–Crippen MR) is 80.5 cm³/mol. The molecule has 0 radical (unpaired) electrons. The van der Waals surface area contributed by atoms with Crippen LogP contribution in [0.2, 0.25) is 0 Å². The summed E-state index contributed by atoms with van der Waals surface area (Å²) in [6.07, 6.45) is -3.36. The molecule has 0 saturated carbocycles. The number of rotatable bonds is 5. The van der Waals surface area contributed by atoms with E-state index in [0.717, 1.165) is 24.1 Å². The number of hydrogen-bond donors (Lipinski definition) is 1. The van der Waals surface area contributed by atoms with Crippen LogP contribution in [0.1, 0.15) is 35.9 Å². The van der Waals surface area contributed by atoms with E-state index in [1.807, 2.05) is 18.4 Å². The lowest BCUT2D eigenvalue weighted by Gasteiger charge is -2.20. The molecule has 1 N–H and O–H groups in total. The molecule has 2 aromatic rings. The van der Waals surface area contributed by atoms with Crippen molar-refractivity contribution in [1.82, 2.24) is 5.32 Å². The lowest BCUT2D eigenvalue weighted by atomic mass is 10.0. The maximum absolute atomic E-state index is 12.5. The third-order valence-electron chi connectivity index (χ3n) is 3.36. The Morgan fingerprint density at radius 2 is 1.76 bits per heavy atom. The van der Waals surface area contributed by atoms with E-state index in [-0.39, 0.29) is 12.1 Å². The Morgan fingerprint density at radius 3 is 2.29 bits per heavy atom. The van der Waals surface area contributed by atoms with Crippen LogP contribution < -0.4 is 5.32 Å². The van der Waals surface area contributed by atoms with Crippen molar-refractivity contribution in [1.29, 1.82) is 0 Å². The second kappa shape index (κ2) is 6.62. The number of alkyl halides is 3. The highest BCUT2D eigenvalue weighted by atomic mass is 32.1. The van der Waals surface area contributed by atoms with Crippen LogP contribution in [-0.4, -0.2) is 6.04 Å². The molecular formula is C16H18F3NS. The van der Waals surface area contributed by atoms with Gasteiger partial charge in [-0.3, -0.25) is 0 Å². The van der Waals surface area contributed by atoms with E-state index in [1.165, 1.54) is 4.88 Å². The smallest absolute Gasteiger partial charge is 0.307 e. The van der Waals surface area contributed by atoms with E-state index in [4.69, 9.17) is 0 Å². The van der Waals surface area contributed by atoms with E-state index in [2.05, 4.69) is 18.3 Å². The summed E-state index contributed by atoms with van der Waals surface area (Å²) in [5.74, 6) is 0. The Bertz CT molecular complexity index is 546. The average molecular weight is 313 g/mol. The van der Waals surface area contributed by atoms with Crippen LogP contribution in [0.25, 0.3) is 0 Å². The van der Waals surface area contributed by atoms with Gasteiger partial charge < -0.3 is 5.32 Å². The monoisotopic (exact) mass is 313 g/mol. The fourth-order valence-electron chi connectivity index (χ4n) is 2.27. The zero-order valence-corrected chi connectivity index (χ0v) is 12.8. The van der Waals surface area contributed by atoms with Gasteiger partial charge in [0.05, 0.1) is 5.56 Å². The molecule has 0 spiro atoms. The van der Waals surface area contributed by atoms with Gasteiger partial charge in [-0.2, -0.15) is 13.2 Å². The fraction of sp³-hybridized carbons (Fsp3) is 0.375. The summed E-state index contributed by atoms with van der Waals surface area (Å²) in [7, 11) is 0. The van der Waals surface area contributed by atoms with Crippen LogP contribution in [0, 0.1) is 0 Å². The lowest BCUT2D eigenvalue weighted by molar-refractivity contribution is -0.137. The largest absolute Gasteiger partial charge is 0.416 e. The summed E-state index contributed by atoms with van der Waals surface area (Å²) < 4.78 is 37.6. The van der Waals surface area contributed by atoms with Crippen molar-refractivity contribution in [2.75, 3.05) is 0 Å². The van der Waals surface area contributed by atoms with Gasteiger partial charge in [0.25, 0.3) is 0 Å². The van der Waals surface area contributed by atoms with Crippen LogP contribution in [-0.2, 0) is 12.6 Å². The maximum atomic E-state index is 12.5. The van der Waals surface area contributed by atoms with Crippen molar-refractivity contribution in [3.8, 4) is 0 Å². The van der Waals surface area contributed by atoms with Gasteiger partial charge in [-0.15, -0.1) is 11.3 Å². The summed E-state index contributed by atoms with van der Waals surface area (Å²) in [4.78, 5) is 1.30. The molecule has 0 saturated heterocycles. The summed E-state index contributed by atoms with van der Waals surface area (Å²) in [6, 6.07) is 9.74. The first kappa shape index (κ1) is 16.0. The molecule has 1 aromatic heterocycles. The Kier molecular flexibility index (Phi) is 5.06. The van der Waals surface area contributed by atoms with Crippen LogP contribution >= 0.6 is 11.3 Å². The molecule has 114 valence electrons. The Hall–Kier alpha value is -1.33. The van der Waals surface area contributed by atoms with Gasteiger partial charge in [0.2, 0.25) is 0 Å². The minimum Gasteiger partial charge on any atom is -0.307 e. The molecule has 0 amide bonds. The van der Waals surface area contributed by atoms with Gasteiger partial charge in [0.1, 0.15) is 0 Å². The van der Waals surface area contributed by atoms with Gasteiger partial charge in [-0.05, 0) is 49.4 Å². The lowest BCUT2D eigenvalue weighted by Crippen LogP contribution is -2.30. The molecule has 0 aliphatic carbocycles. The van der Waals surface area contributed by atoms with Crippen molar-refractivity contribution >= 4 is 11.3 Å². The zero-order valence-electron chi connectivity index (χ0n) is 11.9. The highest BCUT2D eigenvalue weighted by Crippen LogP contribution is 2.30. The summed E-state index contributed by atoms with van der Waals surface area (Å²) >= 11 is 1.71. The fourth-order valence-corrected chi connectivity index (χ4v) is 3.11. The van der Waals surface area contributed by atoms with Gasteiger partial charge in [0.15, 0.2) is 0 Å². The first-order valence-corrected chi connectivity index (χ1v) is 7.70. The van der Waals surface area contributed by atoms with Crippen molar-refractivity contribution in [2.24, 2.45) is 0 Å². The number of nitrogens with one attached hydrogen (secondary N) is 1. The summed E-state index contributed by atoms with van der Waals surface area (Å²) in [5.41, 5.74) is 0.256. The van der Waals surface area contributed by atoms with E-state index in [0.29, 0.717) is 0 Å². The van der Waals surface area contributed by atoms with Crippen molar-refractivity contribution in [3.05, 3.63) is 57.8 Å². The average Bonchev–Trinajstić information content (AvgIpc) is 2.90. The van der Waals surface area contributed by atoms with Gasteiger partial charge in [0, 0.05) is 17.0 Å². The van der Waals surface area contributed by atoms with E-state index in [1.54, 1.807) is 23.5 Å². The van der Waals surface area contributed by atoms with E-state index in [9.17, 15) is 13.2 Å². The van der Waals surface area contributed by atoms with Gasteiger partial charge in [-0.1, -0.05) is 18.2 Å². The molecule has 0 bridgehead atoms. The summed E-state index contributed by atoms with van der Waals surface area (Å²) in [6.45, 7) is 4.05. The van der Waals surface area contributed by atoms with Crippen LogP contribution in [0.4, 0.5) is 13.2 Å². The SMILES string of the molecule is CC(Cc1cccs1)NC(C)c1ccc(C(F)(F)F)cc1. The van der Waals surface area contributed by atoms with Crippen molar-refractivity contribution in [3.63, 3.8) is 0 Å². The number of benzene rings is 1. The third kappa shape index (κ3) is 4.58. The van der Waals surface area contributed by atoms with Gasteiger partial charge in [-0.25, -0.2) is 0 Å². The first-order chi connectivity index (χ1) is 9.86. The molecule has 0 aliphatic rings.